The largest absolute Gasteiger partial charge is 0.493 e. The number of aryl methyl sites for hydroxylation is 1. The summed E-state index contributed by atoms with van der Waals surface area (Å²) in [7, 11) is 3.23. The second-order valence-electron chi connectivity index (χ2n) is 9.28. The molecule has 0 radical (unpaired) electrons. The summed E-state index contributed by atoms with van der Waals surface area (Å²) in [4.78, 5) is 40.3. The quantitative estimate of drug-likeness (QED) is 0.362. The van der Waals surface area contributed by atoms with Gasteiger partial charge in [0, 0.05) is 24.5 Å². The number of halogens is 1. The van der Waals surface area contributed by atoms with Crippen molar-refractivity contribution in [3.8, 4) is 5.75 Å². The molecule has 0 aliphatic carbocycles. The van der Waals surface area contributed by atoms with Crippen molar-refractivity contribution in [2.45, 2.75) is 19.4 Å². The molecule has 8 nitrogen and oxygen atoms in total. The van der Waals surface area contributed by atoms with Gasteiger partial charge in [0.1, 0.15) is 5.39 Å². The summed E-state index contributed by atoms with van der Waals surface area (Å²) in [6, 6.07) is 16.4. The van der Waals surface area contributed by atoms with E-state index in [1.165, 1.54) is 11.7 Å². The van der Waals surface area contributed by atoms with Crippen LogP contribution in [0.4, 0.5) is 0 Å². The van der Waals surface area contributed by atoms with E-state index in [0.29, 0.717) is 40.1 Å². The first kappa shape index (κ1) is 26.4. The minimum Gasteiger partial charge on any atom is -0.493 e. The molecule has 1 fully saturated rings. The minimum absolute atomic E-state index is 0. The number of benzene rings is 2. The number of ketones is 1. The van der Waals surface area contributed by atoms with Crippen LogP contribution < -0.4 is 20.9 Å². The van der Waals surface area contributed by atoms with Crippen molar-refractivity contribution in [2.75, 3.05) is 26.7 Å². The SMILES string of the molecule is COc1c(C(=O)NCC2CCCNC2)n(C)c2c1c(=O)n(CC(=O)c1ccccc1)c1ccccc21.Cl. The minimum atomic E-state index is -0.365. The van der Waals surface area contributed by atoms with Gasteiger partial charge in [0.2, 0.25) is 0 Å². The third-order valence-electron chi connectivity index (χ3n) is 7.03. The number of nitrogens with one attached hydrogen (secondary N) is 2. The lowest BCUT2D eigenvalue weighted by Crippen LogP contribution is -2.38. The maximum absolute atomic E-state index is 13.9. The lowest BCUT2D eigenvalue weighted by molar-refractivity contribution is 0.0932. The van der Waals surface area contributed by atoms with Gasteiger partial charge in [-0.15, -0.1) is 12.4 Å². The van der Waals surface area contributed by atoms with Gasteiger partial charge in [-0.2, -0.15) is 0 Å². The van der Waals surface area contributed by atoms with E-state index in [-0.39, 0.29) is 42.0 Å². The van der Waals surface area contributed by atoms with Gasteiger partial charge in [0.15, 0.2) is 17.2 Å². The maximum atomic E-state index is 13.9. The molecule has 1 saturated heterocycles. The number of para-hydroxylation sites is 1. The standard InChI is InChI=1S/C28H30N4O4.ClH/c1-31-24-20-12-6-7-13-21(20)32(17-22(33)19-10-4-3-5-11-19)28(35)23(24)26(36-2)25(31)27(34)30-16-18-9-8-14-29-15-18;/h3-7,10-13,18,29H,8-9,14-17H2,1-2H3,(H,30,34);1H. The Hall–Kier alpha value is -3.62. The lowest BCUT2D eigenvalue weighted by Gasteiger charge is -2.23. The summed E-state index contributed by atoms with van der Waals surface area (Å²) in [6.07, 6.45) is 2.15. The number of Topliss-reactive ketones (excluding diaryl/α,β-unsaturated/α-hetero) is 1. The summed E-state index contributed by atoms with van der Waals surface area (Å²) >= 11 is 0. The molecule has 1 aliphatic heterocycles. The number of amides is 1. The molecule has 1 unspecified atom stereocenters. The van der Waals surface area contributed by atoms with Crippen molar-refractivity contribution in [1.82, 2.24) is 19.8 Å². The van der Waals surface area contributed by atoms with Gasteiger partial charge in [0.05, 0.1) is 24.7 Å². The molecule has 3 heterocycles. The van der Waals surface area contributed by atoms with Crippen LogP contribution in [0.15, 0.2) is 59.4 Å². The average molecular weight is 523 g/mol. The van der Waals surface area contributed by atoms with Crippen LogP contribution in [0.2, 0.25) is 0 Å². The summed E-state index contributed by atoms with van der Waals surface area (Å²) in [5.74, 6) is 0.136. The fourth-order valence-corrected chi connectivity index (χ4v) is 5.21. The molecule has 0 spiro atoms. The number of nitrogens with zero attached hydrogens (tertiary/aromatic N) is 2. The molecular weight excluding hydrogens is 492 g/mol. The second-order valence-corrected chi connectivity index (χ2v) is 9.28. The fraction of sp³-hybridized carbons (Fsp3) is 0.321. The monoisotopic (exact) mass is 522 g/mol. The first-order valence-electron chi connectivity index (χ1n) is 12.3. The number of ether oxygens (including phenoxy) is 1. The average Bonchev–Trinajstić information content (AvgIpc) is 3.23. The van der Waals surface area contributed by atoms with Gasteiger partial charge in [-0.05, 0) is 37.9 Å². The molecule has 0 bridgehead atoms. The maximum Gasteiger partial charge on any atom is 0.271 e. The number of rotatable bonds is 7. The zero-order valence-electron chi connectivity index (χ0n) is 21.0. The summed E-state index contributed by atoms with van der Waals surface area (Å²) in [5.41, 5.74) is 1.70. The van der Waals surface area contributed by atoms with Crippen LogP contribution in [0.25, 0.3) is 21.8 Å². The first-order valence-corrected chi connectivity index (χ1v) is 12.3. The van der Waals surface area contributed by atoms with Crippen molar-refractivity contribution in [2.24, 2.45) is 13.0 Å². The van der Waals surface area contributed by atoms with Crippen molar-refractivity contribution in [1.29, 1.82) is 0 Å². The molecule has 37 heavy (non-hydrogen) atoms. The number of pyridine rings is 1. The van der Waals surface area contributed by atoms with Crippen LogP contribution in [0.3, 0.4) is 0 Å². The Kier molecular flexibility index (Phi) is 8.00. The van der Waals surface area contributed by atoms with E-state index in [2.05, 4.69) is 10.6 Å². The first-order chi connectivity index (χ1) is 17.5. The van der Waals surface area contributed by atoms with E-state index in [1.54, 1.807) is 35.9 Å². The van der Waals surface area contributed by atoms with Crippen molar-refractivity contribution < 1.29 is 14.3 Å². The predicted octanol–water partition coefficient (Wildman–Crippen LogP) is 3.54. The molecular formula is C28H31ClN4O4. The Bertz CT molecular complexity index is 1500. The highest BCUT2D eigenvalue weighted by Gasteiger charge is 2.28. The number of carbonyl (C=O) groups excluding carboxylic acids is 2. The Labute approximate surface area is 221 Å². The zero-order valence-corrected chi connectivity index (χ0v) is 21.8. The number of piperidine rings is 1. The van der Waals surface area contributed by atoms with Gasteiger partial charge in [-0.1, -0.05) is 48.5 Å². The Morgan fingerprint density at radius 1 is 1.11 bits per heavy atom. The number of methoxy groups -OCH3 is 1. The number of carbonyl (C=O) groups is 2. The Balaban J connectivity index is 0.00000320. The highest BCUT2D eigenvalue weighted by atomic mass is 35.5. The zero-order chi connectivity index (χ0) is 25.2. The van der Waals surface area contributed by atoms with Gasteiger partial charge in [-0.25, -0.2) is 0 Å². The number of hydrogen-bond donors (Lipinski definition) is 2. The van der Waals surface area contributed by atoms with Crippen molar-refractivity contribution >= 4 is 45.9 Å². The van der Waals surface area contributed by atoms with E-state index >= 15 is 0 Å². The smallest absolute Gasteiger partial charge is 0.271 e. The van der Waals surface area contributed by atoms with E-state index in [4.69, 9.17) is 4.74 Å². The van der Waals surface area contributed by atoms with Crippen LogP contribution in [-0.4, -0.2) is 47.6 Å². The van der Waals surface area contributed by atoms with Crippen LogP contribution in [0, 0.1) is 5.92 Å². The number of hydrogen-bond acceptors (Lipinski definition) is 5. The molecule has 0 saturated carbocycles. The molecule has 2 N–H and O–H groups in total. The van der Waals surface area contributed by atoms with Crippen LogP contribution >= 0.6 is 12.4 Å². The molecule has 1 amide bonds. The number of aromatic nitrogens is 2. The lowest BCUT2D eigenvalue weighted by atomic mass is 10.00. The topological polar surface area (TPSA) is 94.4 Å². The van der Waals surface area contributed by atoms with Crippen LogP contribution in [-0.2, 0) is 13.6 Å². The summed E-state index contributed by atoms with van der Waals surface area (Å²) in [6.45, 7) is 2.31. The van der Waals surface area contributed by atoms with Crippen LogP contribution in [0.5, 0.6) is 5.75 Å². The molecule has 1 aliphatic rings. The molecule has 194 valence electrons. The van der Waals surface area contributed by atoms with E-state index in [0.717, 1.165) is 31.3 Å². The Morgan fingerprint density at radius 2 is 1.84 bits per heavy atom. The van der Waals surface area contributed by atoms with E-state index in [9.17, 15) is 14.4 Å². The summed E-state index contributed by atoms with van der Waals surface area (Å²) in [5, 5.41) is 7.46. The molecule has 2 aromatic carbocycles. The molecule has 5 rings (SSSR count). The fourth-order valence-electron chi connectivity index (χ4n) is 5.21. The van der Waals surface area contributed by atoms with Crippen LogP contribution in [0.1, 0.15) is 33.7 Å². The normalized spacial score (nSPS) is 15.4. The van der Waals surface area contributed by atoms with E-state index < -0.39 is 0 Å². The second kappa shape index (κ2) is 11.2. The number of fused-ring (bicyclic) bond motifs is 3. The van der Waals surface area contributed by atoms with E-state index in [1.807, 2.05) is 30.3 Å². The molecule has 1 atom stereocenters. The highest BCUT2D eigenvalue weighted by Crippen LogP contribution is 2.34. The molecule has 9 heteroatoms. The van der Waals surface area contributed by atoms with Crippen molar-refractivity contribution in [3.63, 3.8) is 0 Å². The Morgan fingerprint density at radius 3 is 2.54 bits per heavy atom. The van der Waals surface area contributed by atoms with Gasteiger partial charge >= 0.3 is 0 Å². The molecule has 2 aromatic heterocycles. The third-order valence-corrected chi connectivity index (χ3v) is 7.03. The molecule has 4 aromatic rings. The third kappa shape index (κ3) is 4.86. The van der Waals surface area contributed by atoms with Gasteiger partial charge < -0.3 is 19.9 Å². The van der Waals surface area contributed by atoms with Gasteiger partial charge in [0.25, 0.3) is 11.5 Å². The van der Waals surface area contributed by atoms with Gasteiger partial charge in [-0.3, -0.25) is 19.0 Å². The summed E-state index contributed by atoms with van der Waals surface area (Å²) < 4.78 is 8.88. The highest BCUT2D eigenvalue weighted by molar-refractivity contribution is 6.12. The predicted molar refractivity (Wildman–Crippen MR) is 147 cm³/mol. The van der Waals surface area contributed by atoms with Crippen molar-refractivity contribution in [3.05, 3.63) is 76.2 Å².